The van der Waals surface area contributed by atoms with Gasteiger partial charge in [-0.3, -0.25) is 14.5 Å². The number of H-pyrrole nitrogens is 1. The number of piperazine rings is 1. The van der Waals surface area contributed by atoms with E-state index >= 15 is 0 Å². The first kappa shape index (κ1) is 25.3. The lowest BCUT2D eigenvalue weighted by atomic mass is 10.1. The van der Waals surface area contributed by atoms with Crippen molar-refractivity contribution in [2.24, 2.45) is 0 Å². The van der Waals surface area contributed by atoms with E-state index in [1.165, 1.54) is 25.2 Å². The standard InChI is InChI=1S/C27H26F2N6O3/c1-16-26(36)33-20-13-17(14-23(24(20)31-16)38-22-6-4-3-5-18(22)28)15-34-9-11-35(12-10-34)21-8-7-19(27(37)30-2)32-25(21)29/h3-8,13-14H,9-12,15H2,1-2H3,(H,30,37)(H,33,36). The van der Waals surface area contributed by atoms with E-state index in [4.69, 9.17) is 4.74 Å². The number of halogens is 2. The maximum absolute atomic E-state index is 14.6. The summed E-state index contributed by atoms with van der Waals surface area (Å²) in [6.07, 6.45) is 0. The van der Waals surface area contributed by atoms with Crippen LogP contribution in [-0.4, -0.2) is 59.0 Å². The first-order chi connectivity index (χ1) is 18.3. The first-order valence-corrected chi connectivity index (χ1v) is 12.1. The Labute approximate surface area is 217 Å². The van der Waals surface area contributed by atoms with Gasteiger partial charge < -0.3 is 19.9 Å². The highest BCUT2D eigenvalue weighted by atomic mass is 19.1. The molecule has 2 aromatic carbocycles. The van der Waals surface area contributed by atoms with Crippen LogP contribution in [0.1, 0.15) is 21.7 Å². The number of nitrogens with zero attached hydrogens (tertiary/aromatic N) is 4. The van der Waals surface area contributed by atoms with Crippen LogP contribution in [-0.2, 0) is 6.54 Å². The van der Waals surface area contributed by atoms with Crippen LogP contribution in [0.4, 0.5) is 14.5 Å². The fraction of sp³-hybridized carbons (Fsp3) is 0.259. The molecule has 5 rings (SSSR count). The number of aryl methyl sites for hydroxylation is 1. The van der Waals surface area contributed by atoms with Crippen molar-refractivity contribution in [1.82, 2.24) is 25.2 Å². The minimum atomic E-state index is -0.684. The summed E-state index contributed by atoms with van der Waals surface area (Å²) in [6, 6.07) is 12.8. The number of aromatic amines is 1. The van der Waals surface area contributed by atoms with Crippen LogP contribution in [0.25, 0.3) is 11.0 Å². The van der Waals surface area contributed by atoms with Gasteiger partial charge in [-0.15, -0.1) is 0 Å². The lowest BCUT2D eigenvalue weighted by Crippen LogP contribution is -2.46. The van der Waals surface area contributed by atoms with Crippen LogP contribution in [0.15, 0.2) is 53.3 Å². The summed E-state index contributed by atoms with van der Waals surface area (Å²) < 4.78 is 34.8. The summed E-state index contributed by atoms with van der Waals surface area (Å²) in [5.74, 6) is -1.24. The zero-order valence-corrected chi connectivity index (χ0v) is 20.9. The van der Waals surface area contributed by atoms with Gasteiger partial charge in [-0.2, -0.15) is 4.39 Å². The Morgan fingerprint density at radius 3 is 2.53 bits per heavy atom. The lowest BCUT2D eigenvalue weighted by molar-refractivity contribution is 0.0957. The molecule has 2 aromatic heterocycles. The highest BCUT2D eigenvalue weighted by molar-refractivity contribution is 5.92. The number of anilines is 1. The number of ether oxygens (including phenoxy) is 1. The Bertz CT molecular complexity index is 1570. The molecule has 2 N–H and O–H groups in total. The molecule has 1 saturated heterocycles. The minimum Gasteiger partial charge on any atom is -0.452 e. The average Bonchev–Trinajstić information content (AvgIpc) is 2.91. The van der Waals surface area contributed by atoms with Crippen LogP contribution in [0.3, 0.4) is 0 Å². The second-order valence-electron chi connectivity index (χ2n) is 9.02. The van der Waals surface area contributed by atoms with Gasteiger partial charge in [0.1, 0.15) is 16.9 Å². The maximum Gasteiger partial charge on any atom is 0.269 e. The zero-order valence-electron chi connectivity index (χ0n) is 20.9. The number of para-hydroxylation sites is 1. The van der Waals surface area contributed by atoms with Gasteiger partial charge in [-0.05, 0) is 48.9 Å². The molecule has 0 atom stereocenters. The number of amides is 1. The van der Waals surface area contributed by atoms with Crippen molar-refractivity contribution in [2.75, 3.05) is 38.1 Å². The van der Waals surface area contributed by atoms with Crippen molar-refractivity contribution in [3.05, 3.63) is 87.6 Å². The monoisotopic (exact) mass is 520 g/mol. The van der Waals surface area contributed by atoms with Gasteiger partial charge in [-0.25, -0.2) is 14.4 Å². The molecule has 0 saturated carbocycles. The second kappa shape index (κ2) is 10.5. The summed E-state index contributed by atoms with van der Waals surface area (Å²) >= 11 is 0. The number of fused-ring (bicyclic) bond motifs is 1. The molecule has 1 aliphatic heterocycles. The average molecular weight is 521 g/mol. The predicted octanol–water partition coefficient (Wildman–Crippen LogP) is 3.38. The molecule has 1 fully saturated rings. The van der Waals surface area contributed by atoms with E-state index < -0.39 is 17.7 Å². The van der Waals surface area contributed by atoms with Crippen molar-refractivity contribution in [3.8, 4) is 11.5 Å². The summed E-state index contributed by atoms with van der Waals surface area (Å²) in [5.41, 5.74) is 2.13. The van der Waals surface area contributed by atoms with Crippen LogP contribution >= 0.6 is 0 Å². The molecule has 1 aliphatic rings. The Morgan fingerprint density at radius 2 is 1.82 bits per heavy atom. The zero-order chi connectivity index (χ0) is 26.8. The lowest BCUT2D eigenvalue weighted by Gasteiger charge is -2.36. The molecule has 4 aromatic rings. The number of hydrogen-bond acceptors (Lipinski definition) is 7. The third kappa shape index (κ3) is 5.18. The van der Waals surface area contributed by atoms with Gasteiger partial charge >= 0.3 is 0 Å². The molecule has 1 amide bonds. The molecule has 0 spiro atoms. The van der Waals surface area contributed by atoms with Crippen molar-refractivity contribution in [1.29, 1.82) is 0 Å². The van der Waals surface area contributed by atoms with Gasteiger partial charge in [0, 0.05) is 39.8 Å². The van der Waals surface area contributed by atoms with Crippen LogP contribution in [0.5, 0.6) is 11.5 Å². The van der Waals surface area contributed by atoms with Crippen LogP contribution < -0.4 is 20.5 Å². The van der Waals surface area contributed by atoms with Crippen LogP contribution in [0, 0.1) is 18.7 Å². The van der Waals surface area contributed by atoms with Crippen molar-refractivity contribution < 1.29 is 18.3 Å². The molecule has 0 unspecified atom stereocenters. The highest BCUT2D eigenvalue weighted by Gasteiger charge is 2.22. The van der Waals surface area contributed by atoms with E-state index in [2.05, 4.69) is 25.2 Å². The molecule has 11 heteroatoms. The Hall–Kier alpha value is -4.38. The molecule has 0 aliphatic carbocycles. The molecule has 0 bridgehead atoms. The number of hydrogen-bond donors (Lipinski definition) is 2. The summed E-state index contributed by atoms with van der Waals surface area (Å²) in [5, 5.41) is 2.43. The third-order valence-electron chi connectivity index (χ3n) is 6.46. The number of pyridine rings is 1. The number of carbonyl (C=O) groups excluding carboxylic acids is 1. The van der Waals surface area contributed by atoms with E-state index in [9.17, 15) is 18.4 Å². The maximum atomic E-state index is 14.6. The van der Waals surface area contributed by atoms with Gasteiger partial charge in [0.25, 0.3) is 11.5 Å². The topological polar surface area (TPSA) is 103 Å². The molecular weight excluding hydrogens is 494 g/mol. The molecule has 3 heterocycles. The smallest absolute Gasteiger partial charge is 0.269 e. The molecule has 38 heavy (non-hydrogen) atoms. The number of rotatable bonds is 6. The Kier molecular flexibility index (Phi) is 7.01. The SMILES string of the molecule is CNC(=O)c1ccc(N2CCN(Cc3cc(Oc4ccccc4F)c4nc(C)c(=O)[nH]c4c3)CC2)c(F)n1. The molecule has 0 radical (unpaired) electrons. The Morgan fingerprint density at radius 1 is 1.05 bits per heavy atom. The van der Waals surface area contributed by atoms with Gasteiger partial charge in [0.05, 0.1) is 11.2 Å². The summed E-state index contributed by atoms with van der Waals surface area (Å²) in [6.45, 7) is 4.53. The van der Waals surface area contributed by atoms with E-state index in [0.29, 0.717) is 55.2 Å². The van der Waals surface area contributed by atoms with Crippen molar-refractivity contribution >= 4 is 22.6 Å². The van der Waals surface area contributed by atoms with Crippen LogP contribution in [0.2, 0.25) is 0 Å². The molecular formula is C27H26F2N6O3. The highest BCUT2D eigenvalue weighted by Crippen LogP contribution is 2.31. The molecule has 9 nitrogen and oxygen atoms in total. The normalized spacial score (nSPS) is 14.1. The van der Waals surface area contributed by atoms with Gasteiger partial charge in [-0.1, -0.05) is 12.1 Å². The number of nitrogens with one attached hydrogen (secondary N) is 2. The molecule has 196 valence electrons. The Balaban J connectivity index is 1.35. The second-order valence-corrected chi connectivity index (χ2v) is 9.02. The predicted molar refractivity (Wildman–Crippen MR) is 139 cm³/mol. The first-order valence-electron chi connectivity index (χ1n) is 12.1. The van der Waals surface area contributed by atoms with E-state index in [0.717, 1.165) is 5.56 Å². The quantitative estimate of drug-likeness (QED) is 0.376. The fourth-order valence-corrected chi connectivity index (χ4v) is 4.44. The summed E-state index contributed by atoms with van der Waals surface area (Å²) in [7, 11) is 1.47. The van der Waals surface area contributed by atoms with Crippen molar-refractivity contribution in [2.45, 2.75) is 13.5 Å². The largest absolute Gasteiger partial charge is 0.452 e. The van der Waals surface area contributed by atoms with E-state index in [-0.39, 0.29) is 22.7 Å². The number of benzene rings is 2. The fourth-order valence-electron chi connectivity index (χ4n) is 4.44. The van der Waals surface area contributed by atoms with Crippen molar-refractivity contribution in [3.63, 3.8) is 0 Å². The summed E-state index contributed by atoms with van der Waals surface area (Å²) in [4.78, 5) is 39.0. The minimum absolute atomic E-state index is 0.0276. The van der Waals surface area contributed by atoms with Gasteiger partial charge in [0.2, 0.25) is 5.95 Å². The third-order valence-corrected chi connectivity index (χ3v) is 6.46. The van der Waals surface area contributed by atoms with E-state index in [1.807, 2.05) is 11.0 Å². The number of aromatic nitrogens is 3. The number of carbonyl (C=O) groups is 1. The van der Waals surface area contributed by atoms with E-state index in [1.54, 1.807) is 31.2 Å². The van der Waals surface area contributed by atoms with Gasteiger partial charge in [0.15, 0.2) is 17.3 Å².